The average Bonchev–Trinajstić information content (AvgIpc) is 2.79. The van der Waals surface area contributed by atoms with Crippen LogP contribution in [0.2, 0.25) is 0 Å². The molecular weight excluding hydrogens is 435 g/mol. The van der Waals surface area contributed by atoms with Crippen LogP contribution in [0.4, 0.5) is 19.0 Å². The Morgan fingerprint density at radius 1 is 1.15 bits per heavy atom. The second-order valence-corrected chi connectivity index (χ2v) is 6.31. The topological polar surface area (TPSA) is 84.2 Å². The van der Waals surface area contributed by atoms with Gasteiger partial charge in [-0.25, -0.2) is 9.78 Å². The standard InChI is InChI=1S/C22H16F3N3O3.C2H6/c1-3-8-13(4-2)26-18-12-17(29)19-15(22(23,24)25)11-16(21(30)31)27-20(19)28(18)14-9-6-5-7-10-14;1-2/h3-12,26H,1-2H2,(H,30,31);1-2H3/b13-8+;. The Balaban J connectivity index is 0.00000187. The highest BCUT2D eigenvalue weighted by molar-refractivity contribution is 5.92. The van der Waals surface area contributed by atoms with Crippen molar-refractivity contribution in [3.8, 4) is 5.69 Å². The van der Waals surface area contributed by atoms with E-state index in [0.717, 1.165) is 6.07 Å². The van der Waals surface area contributed by atoms with Crippen molar-refractivity contribution in [3.05, 3.63) is 101 Å². The van der Waals surface area contributed by atoms with E-state index in [0.29, 0.717) is 17.5 Å². The number of rotatable bonds is 6. The first-order valence-corrected chi connectivity index (χ1v) is 9.86. The minimum atomic E-state index is -4.97. The van der Waals surface area contributed by atoms with E-state index < -0.39 is 39.9 Å². The number of hydrogen-bond acceptors (Lipinski definition) is 4. The summed E-state index contributed by atoms with van der Waals surface area (Å²) in [5, 5.41) is 11.5. The maximum absolute atomic E-state index is 13.7. The summed E-state index contributed by atoms with van der Waals surface area (Å²) in [7, 11) is 0. The van der Waals surface area contributed by atoms with Gasteiger partial charge in [0.15, 0.2) is 16.8 Å². The second-order valence-electron chi connectivity index (χ2n) is 6.31. The quantitative estimate of drug-likeness (QED) is 0.457. The number of anilines is 1. The van der Waals surface area contributed by atoms with E-state index in [1.165, 1.54) is 16.7 Å². The van der Waals surface area contributed by atoms with Gasteiger partial charge in [0.1, 0.15) is 5.82 Å². The number of aromatic carboxylic acids is 1. The molecule has 0 unspecified atom stereocenters. The predicted octanol–water partition coefficient (Wildman–Crippen LogP) is 5.80. The lowest BCUT2D eigenvalue weighted by molar-refractivity contribution is -0.136. The third kappa shape index (κ3) is 5.38. The highest BCUT2D eigenvalue weighted by Gasteiger charge is 2.36. The zero-order valence-electron chi connectivity index (χ0n) is 18.0. The maximum Gasteiger partial charge on any atom is 0.417 e. The lowest BCUT2D eigenvalue weighted by atomic mass is 10.1. The summed E-state index contributed by atoms with van der Waals surface area (Å²) < 4.78 is 42.4. The molecule has 0 aliphatic heterocycles. The van der Waals surface area contributed by atoms with Gasteiger partial charge in [-0.3, -0.25) is 9.36 Å². The minimum Gasteiger partial charge on any atom is -0.477 e. The van der Waals surface area contributed by atoms with Crippen molar-refractivity contribution >= 4 is 22.8 Å². The molecule has 0 radical (unpaired) electrons. The molecule has 0 fully saturated rings. The van der Waals surface area contributed by atoms with Crippen LogP contribution >= 0.6 is 0 Å². The highest BCUT2D eigenvalue weighted by Crippen LogP contribution is 2.35. The summed E-state index contributed by atoms with van der Waals surface area (Å²) in [6, 6.07) is 9.51. The van der Waals surface area contributed by atoms with Crippen molar-refractivity contribution in [1.82, 2.24) is 9.55 Å². The predicted molar refractivity (Wildman–Crippen MR) is 123 cm³/mol. The number of halogens is 3. The fourth-order valence-corrected chi connectivity index (χ4v) is 3.01. The van der Waals surface area contributed by atoms with Crippen LogP contribution in [0.15, 0.2) is 84.3 Å². The molecule has 0 saturated heterocycles. The molecule has 1 aromatic carbocycles. The molecule has 0 amide bonds. The van der Waals surface area contributed by atoms with E-state index in [4.69, 9.17) is 0 Å². The molecule has 6 nitrogen and oxygen atoms in total. The molecule has 0 saturated carbocycles. The van der Waals surface area contributed by atoms with Crippen molar-refractivity contribution in [2.24, 2.45) is 0 Å². The van der Waals surface area contributed by atoms with E-state index in [1.807, 2.05) is 13.8 Å². The number of allylic oxidation sites excluding steroid dienone is 3. The molecule has 0 aliphatic carbocycles. The molecule has 2 heterocycles. The van der Waals surface area contributed by atoms with Crippen molar-refractivity contribution in [2.75, 3.05) is 5.32 Å². The number of carboxylic acids is 1. The molecule has 33 heavy (non-hydrogen) atoms. The zero-order valence-corrected chi connectivity index (χ0v) is 18.0. The Kier molecular flexibility index (Phi) is 7.95. The molecule has 0 bridgehead atoms. The van der Waals surface area contributed by atoms with Crippen molar-refractivity contribution < 1.29 is 23.1 Å². The fourth-order valence-electron chi connectivity index (χ4n) is 3.01. The molecule has 2 aromatic heterocycles. The van der Waals surface area contributed by atoms with Gasteiger partial charge < -0.3 is 10.4 Å². The Labute approximate surface area is 188 Å². The van der Waals surface area contributed by atoms with Crippen LogP contribution in [0, 0.1) is 0 Å². The van der Waals surface area contributed by atoms with Gasteiger partial charge in [-0.1, -0.05) is 51.3 Å². The molecule has 9 heteroatoms. The molecular formula is C24H22F3N3O3. The molecule has 0 atom stereocenters. The van der Waals surface area contributed by atoms with Crippen LogP contribution in [0.3, 0.4) is 0 Å². The first-order chi connectivity index (χ1) is 15.7. The summed E-state index contributed by atoms with van der Waals surface area (Å²) in [5.74, 6) is -1.59. The van der Waals surface area contributed by atoms with Crippen molar-refractivity contribution in [1.29, 1.82) is 0 Å². The van der Waals surface area contributed by atoms with Crippen molar-refractivity contribution in [2.45, 2.75) is 20.0 Å². The van der Waals surface area contributed by atoms with E-state index in [9.17, 15) is 27.9 Å². The number of pyridine rings is 2. The van der Waals surface area contributed by atoms with E-state index in [1.54, 1.807) is 36.4 Å². The first-order valence-electron chi connectivity index (χ1n) is 9.86. The van der Waals surface area contributed by atoms with Gasteiger partial charge in [0, 0.05) is 17.5 Å². The van der Waals surface area contributed by atoms with E-state index in [-0.39, 0.29) is 5.82 Å². The Morgan fingerprint density at radius 3 is 2.30 bits per heavy atom. The van der Waals surface area contributed by atoms with E-state index in [2.05, 4.69) is 23.5 Å². The van der Waals surface area contributed by atoms with Gasteiger partial charge in [-0.05, 0) is 30.4 Å². The number of para-hydroxylation sites is 1. The summed E-state index contributed by atoms with van der Waals surface area (Å²) in [5.41, 5.74) is -2.86. The van der Waals surface area contributed by atoms with Crippen LogP contribution in [-0.4, -0.2) is 20.6 Å². The Morgan fingerprint density at radius 2 is 1.79 bits per heavy atom. The van der Waals surface area contributed by atoms with Crippen LogP contribution in [0.5, 0.6) is 0 Å². The number of hydrogen-bond donors (Lipinski definition) is 2. The van der Waals surface area contributed by atoms with Crippen LogP contribution < -0.4 is 10.7 Å². The highest BCUT2D eigenvalue weighted by atomic mass is 19.4. The number of carboxylic acid groups (broad SMARTS) is 1. The molecule has 0 aliphatic rings. The Hall–Kier alpha value is -4.14. The normalized spacial score (nSPS) is 11.4. The zero-order chi connectivity index (χ0) is 24.8. The molecule has 0 spiro atoms. The third-order valence-corrected chi connectivity index (χ3v) is 4.30. The molecule has 3 aromatic rings. The number of fused-ring (bicyclic) bond motifs is 1. The van der Waals surface area contributed by atoms with Gasteiger partial charge >= 0.3 is 12.1 Å². The van der Waals surface area contributed by atoms with Gasteiger partial charge in [0.2, 0.25) is 0 Å². The fraction of sp³-hybridized carbons (Fsp3) is 0.125. The van der Waals surface area contributed by atoms with Gasteiger partial charge in [-0.15, -0.1) is 0 Å². The molecule has 3 rings (SSSR count). The number of nitrogens with zero attached hydrogens (tertiary/aromatic N) is 2. The third-order valence-electron chi connectivity index (χ3n) is 4.30. The first kappa shape index (κ1) is 25.1. The van der Waals surface area contributed by atoms with Crippen LogP contribution in [-0.2, 0) is 6.18 Å². The summed E-state index contributed by atoms with van der Waals surface area (Å²) in [6.07, 6.45) is -0.547. The number of benzene rings is 1. The molecule has 172 valence electrons. The lowest BCUT2D eigenvalue weighted by Gasteiger charge is -2.20. The second kappa shape index (κ2) is 10.4. The number of carbonyl (C=O) groups is 1. The maximum atomic E-state index is 13.7. The molecule has 2 N–H and O–H groups in total. The van der Waals surface area contributed by atoms with Gasteiger partial charge in [0.05, 0.1) is 10.9 Å². The number of nitrogens with one attached hydrogen (secondary N) is 1. The smallest absolute Gasteiger partial charge is 0.417 e. The van der Waals surface area contributed by atoms with Gasteiger partial charge in [0.25, 0.3) is 0 Å². The monoisotopic (exact) mass is 457 g/mol. The SMILES string of the molecule is C=C/C=C(\C=C)Nc1cc(=O)c2c(C(F)(F)F)cc(C(=O)O)nc2n1-c1ccccc1.CC. The summed E-state index contributed by atoms with van der Waals surface area (Å²) in [4.78, 5) is 28.1. The largest absolute Gasteiger partial charge is 0.477 e. The number of aromatic nitrogens is 2. The Bertz CT molecular complexity index is 1280. The summed E-state index contributed by atoms with van der Waals surface area (Å²) in [6.45, 7) is 11.2. The van der Waals surface area contributed by atoms with Crippen molar-refractivity contribution in [3.63, 3.8) is 0 Å². The lowest BCUT2D eigenvalue weighted by Crippen LogP contribution is -2.20. The van der Waals surface area contributed by atoms with Crippen LogP contribution in [0.25, 0.3) is 16.7 Å². The minimum absolute atomic E-state index is 0.0693. The van der Waals surface area contributed by atoms with Crippen LogP contribution in [0.1, 0.15) is 29.9 Å². The number of alkyl halides is 3. The van der Waals surface area contributed by atoms with Gasteiger partial charge in [-0.2, -0.15) is 13.2 Å². The van der Waals surface area contributed by atoms with E-state index >= 15 is 0 Å². The summed E-state index contributed by atoms with van der Waals surface area (Å²) >= 11 is 0. The average molecular weight is 457 g/mol.